The molecule has 2 aromatic carbocycles. The lowest BCUT2D eigenvalue weighted by Crippen LogP contribution is -2.48. The summed E-state index contributed by atoms with van der Waals surface area (Å²) in [7, 11) is 0. The van der Waals surface area contributed by atoms with Crippen LogP contribution >= 0.6 is 0 Å². The van der Waals surface area contributed by atoms with Crippen molar-refractivity contribution in [3.05, 3.63) is 59.7 Å². The third kappa shape index (κ3) is 4.27. The summed E-state index contributed by atoms with van der Waals surface area (Å²) < 4.78 is 0. The summed E-state index contributed by atoms with van der Waals surface area (Å²) in [6.45, 7) is 0.586. The Labute approximate surface area is 170 Å². The summed E-state index contributed by atoms with van der Waals surface area (Å²) in [5, 5.41) is 11.9. The van der Waals surface area contributed by atoms with Gasteiger partial charge in [-0.25, -0.2) is 5.48 Å². The van der Waals surface area contributed by atoms with Crippen LogP contribution in [-0.4, -0.2) is 23.1 Å². The fourth-order valence-electron chi connectivity index (χ4n) is 4.55. The molecule has 2 amide bonds. The Hall–Kier alpha value is -2.86. The Bertz CT molecular complexity index is 875. The number of nitrogens with one attached hydrogen (secondary N) is 2. The number of anilines is 2. The number of carbonyl (C=O) groups excluding carboxylic acids is 2. The molecule has 0 unspecified atom stereocenters. The van der Waals surface area contributed by atoms with E-state index >= 15 is 0 Å². The first kappa shape index (κ1) is 19.5. The van der Waals surface area contributed by atoms with Crippen LogP contribution in [0.4, 0.5) is 11.4 Å². The van der Waals surface area contributed by atoms with Crippen molar-refractivity contribution in [1.82, 2.24) is 5.48 Å². The van der Waals surface area contributed by atoms with Gasteiger partial charge < -0.3 is 10.2 Å². The summed E-state index contributed by atoms with van der Waals surface area (Å²) in [6, 6.07) is 14.8. The van der Waals surface area contributed by atoms with Gasteiger partial charge >= 0.3 is 0 Å². The SMILES string of the molecule is O=C(NO)c1ccc(CN2c3ccccc3NC(=O)[C@H]2CC2CCCCC2)cc1. The minimum atomic E-state index is -0.533. The number of hydrogen-bond acceptors (Lipinski definition) is 4. The molecule has 4 rings (SSSR count). The van der Waals surface area contributed by atoms with Gasteiger partial charge in [0.15, 0.2) is 0 Å². The standard InChI is InChI=1S/C23H27N3O3/c27-22(25-29)18-12-10-17(11-13-18)15-26-20-9-5-4-8-19(20)24-23(28)21(26)14-16-6-2-1-3-7-16/h4-5,8-13,16,21,29H,1-3,6-7,14-15H2,(H,24,28)(H,25,27)/t21-/m1/s1. The van der Waals surface area contributed by atoms with Gasteiger partial charge in [-0.2, -0.15) is 0 Å². The number of hydroxylamine groups is 1. The zero-order chi connectivity index (χ0) is 20.2. The predicted octanol–water partition coefficient (Wildman–Crippen LogP) is 4.10. The molecular weight excluding hydrogens is 366 g/mol. The summed E-state index contributed by atoms with van der Waals surface area (Å²) in [6.07, 6.45) is 7.07. The quantitative estimate of drug-likeness (QED) is 0.528. The number of fused-ring (bicyclic) bond motifs is 1. The minimum Gasteiger partial charge on any atom is -0.353 e. The van der Waals surface area contributed by atoms with E-state index in [0.717, 1.165) is 23.4 Å². The van der Waals surface area contributed by atoms with Gasteiger partial charge in [0.1, 0.15) is 6.04 Å². The second-order valence-corrected chi connectivity index (χ2v) is 8.03. The van der Waals surface area contributed by atoms with Crippen LogP contribution in [0.1, 0.15) is 54.4 Å². The maximum atomic E-state index is 13.0. The zero-order valence-corrected chi connectivity index (χ0v) is 16.4. The van der Waals surface area contributed by atoms with Crippen LogP contribution in [0.5, 0.6) is 0 Å². The molecule has 2 aliphatic rings. The Morgan fingerprint density at radius 2 is 1.79 bits per heavy atom. The highest BCUT2D eigenvalue weighted by Gasteiger charge is 2.34. The van der Waals surface area contributed by atoms with E-state index < -0.39 is 5.91 Å². The van der Waals surface area contributed by atoms with Crippen LogP contribution in [0.15, 0.2) is 48.5 Å². The first-order chi connectivity index (χ1) is 14.2. The number of benzene rings is 2. The number of nitrogens with zero attached hydrogens (tertiary/aromatic N) is 1. The van der Waals surface area contributed by atoms with Gasteiger partial charge in [-0.15, -0.1) is 0 Å². The molecule has 0 saturated heterocycles. The maximum absolute atomic E-state index is 13.0. The summed E-state index contributed by atoms with van der Waals surface area (Å²) in [4.78, 5) is 26.7. The highest BCUT2D eigenvalue weighted by molar-refractivity contribution is 6.03. The zero-order valence-electron chi connectivity index (χ0n) is 16.4. The lowest BCUT2D eigenvalue weighted by atomic mass is 9.83. The van der Waals surface area contributed by atoms with E-state index in [4.69, 9.17) is 5.21 Å². The van der Waals surface area contributed by atoms with E-state index in [0.29, 0.717) is 18.0 Å². The summed E-state index contributed by atoms with van der Waals surface area (Å²) >= 11 is 0. The maximum Gasteiger partial charge on any atom is 0.274 e. The molecule has 1 fully saturated rings. The molecule has 6 nitrogen and oxygen atoms in total. The monoisotopic (exact) mass is 393 g/mol. The van der Waals surface area contributed by atoms with E-state index in [2.05, 4.69) is 16.3 Å². The van der Waals surface area contributed by atoms with Gasteiger partial charge in [0.25, 0.3) is 5.91 Å². The molecular formula is C23H27N3O3. The van der Waals surface area contributed by atoms with Crippen molar-refractivity contribution in [2.75, 3.05) is 10.2 Å². The smallest absolute Gasteiger partial charge is 0.274 e. The predicted molar refractivity (Wildman–Crippen MR) is 112 cm³/mol. The molecule has 2 aromatic rings. The Morgan fingerprint density at radius 1 is 1.07 bits per heavy atom. The third-order valence-corrected chi connectivity index (χ3v) is 6.10. The molecule has 1 aliphatic carbocycles. The molecule has 6 heteroatoms. The number of amides is 2. The molecule has 1 heterocycles. The first-order valence-corrected chi connectivity index (χ1v) is 10.4. The summed E-state index contributed by atoms with van der Waals surface area (Å²) in [5.41, 5.74) is 4.93. The van der Waals surface area contributed by atoms with Gasteiger partial charge in [-0.1, -0.05) is 56.4 Å². The lowest BCUT2D eigenvalue weighted by Gasteiger charge is -2.40. The molecule has 29 heavy (non-hydrogen) atoms. The number of hydrogen-bond donors (Lipinski definition) is 3. The van der Waals surface area contributed by atoms with Crippen LogP contribution in [-0.2, 0) is 11.3 Å². The van der Waals surface area contributed by atoms with Crippen molar-refractivity contribution in [3.63, 3.8) is 0 Å². The molecule has 152 valence electrons. The second-order valence-electron chi connectivity index (χ2n) is 8.03. The van der Waals surface area contributed by atoms with Crippen molar-refractivity contribution in [3.8, 4) is 0 Å². The number of rotatable bonds is 5. The molecule has 0 radical (unpaired) electrons. The van der Waals surface area contributed by atoms with Crippen LogP contribution in [0, 0.1) is 5.92 Å². The lowest BCUT2D eigenvalue weighted by molar-refractivity contribution is -0.118. The van der Waals surface area contributed by atoms with Crippen molar-refractivity contribution in [1.29, 1.82) is 0 Å². The fraction of sp³-hybridized carbons (Fsp3) is 0.391. The highest BCUT2D eigenvalue weighted by Crippen LogP contribution is 2.37. The topological polar surface area (TPSA) is 81.7 Å². The molecule has 1 saturated carbocycles. The van der Waals surface area contributed by atoms with Gasteiger partial charge in [0.05, 0.1) is 11.4 Å². The van der Waals surface area contributed by atoms with Crippen molar-refractivity contribution in [2.24, 2.45) is 5.92 Å². The van der Waals surface area contributed by atoms with Crippen molar-refractivity contribution in [2.45, 2.75) is 51.1 Å². The van der Waals surface area contributed by atoms with E-state index in [1.807, 2.05) is 30.3 Å². The molecule has 1 aliphatic heterocycles. The van der Waals surface area contributed by atoms with E-state index in [9.17, 15) is 9.59 Å². The third-order valence-electron chi connectivity index (χ3n) is 6.10. The average molecular weight is 393 g/mol. The normalized spacial score (nSPS) is 19.4. The average Bonchev–Trinajstić information content (AvgIpc) is 2.76. The summed E-state index contributed by atoms with van der Waals surface area (Å²) in [5.74, 6) is 0.114. The van der Waals surface area contributed by atoms with E-state index in [1.165, 1.54) is 32.1 Å². The molecule has 0 aromatic heterocycles. The van der Waals surface area contributed by atoms with Gasteiger partial charge in [-0.05, 0) is 42.2 Å². The Kier molecular flexibility index (Phi) is 5.81. The highest BCUT2D eigenvalue weighted by atomic mass is 16.5. The van der Waals surface area contributed by atoms with E-state index in [-0.39, 0.29) is 11.9 Å². The van der Waals surface area contributed by atoms with Crippen LogP contribution in [0.2, 0.25) is 0 Å². The van der Waals surface area contributed by atoms with Crippen LogP contribution < -0.4 is 15.7 Å². The Balaban J connectivity index is 1.60. The second kappa shape index (κ2) is 8.66. The molecule has 3 N–H and O–H groups in total. The van der Waals surface area contributed by atoms with E-state index in [1.54, 1.807) is 17.6 Å². The largest absolute Gasteiger partial charge is 0.353 e. The number of para-hydroxylation sites is 2. The van der Waals surface area contributed by atoms with Crippen LogP contribution in [0.25, 0.3) is 0 Å². The fourth-order valence-corrected chi connectivity index (χ4v) is 4.55. The number of carbonyl (C=O) groups is 2. The van der Waals surface area contributed by atoms with Gasteiger partial charge in [-0.3, -0.25) is 14.8 Å². The first-order valence-electron chi connectivity index (χ1n) is 10.4. The molecule has 0 spiro atoms. The van der Waals surface area contributed by atoms with Crippen LogP contribution in [0.3, 0.4) is 0 Å². The van der Waals surface area contributed by atoms with Crippen molar-refractivity contribution < 1.29 is 14.8 Å². The van der Waals surface area contributed by atoms with Gasteiger partial charge in [0.2, 0.25) is 5.91 Å². The van der Waals surface area contributed by atoms with Gasteiger partial charge in [0, 0.05) is 12.1 Å². The molecule has 1 atom stereocenters. The van der Waals surface area contributed by atoms with Crippen molar-refractivity contribution >= 4 is 23.2 Å². The Morgan fingerprint density at radius 3 is 2.52 bits per heavy atom. The molecule has 0 bridgehead atoms. The minimum absolute atomic E-state index is 0.0607.